The number of benzene rings is 1. The average molecular weight is 271 g/mol. The summed E-state index contributed by atoms with van der Waals surface area (Å²) in [7, 11) is 0. The monoisotopic (exact) mass is 271 g/mol. The Bertz CT molecular complexity index is 498. The van der Waals surface area contributed by atoms with Gasteiger partial charge in [0.05, 0.1) is 12.7 Å². The van der Waals surface area contributed by atoms with Crippen LogP contribution in [0.3, 0.4) is 0 Å². The summed E-state index contributed by atoms with van der Waals surface area (Å²) in [6.07, 6.45) is -0.510. The Morgan fingerprint density at radius 3 is 2.42 bits per heavy atom. The lowest BCUT2D eigenvalue weighted by atomic mass is 9.76. The summed E-state index contributed by atoms with van der Waals surface area (Å²) in [5.74, 6) is -4.38. The average Bonchev–Trinajstić information content (AvgIpc) is 2.44. The molecule has 0 amide bonds. The van der Waals surface area contributed by atoms with E-state index < -0.39 is 29.0 Å². The van der Waals surface area contributed by atoms with Gasteiger partial charge in [0.2, 0.25) is 0 Å². The van der Waals surface area contributed by atoms with E-state index in [1.54, 1.807) is 0 Å². The second-order valence-corrected chi connectivity index (χ2v) is 4.63. The van der Waals surface area contributed by atoms with E-state index in [1.807, 2.05) is 6.07 Å². The first-order valence-corrected chi connectivity index (χ1v) is 5.82. The number of halogens is 3. The molecule has 0 bridgehead atoms. The van der Waals surface area contributed by atoms with Crippen LogP contribution in [0.15, 0.2) is 12.1 Å². The molecular weight excluding hydrogens is 259 g/mol. The molecule has 1 aliphatic heterocycles. The predicted molar refractivity (Wildman–Crippen MR) is 59.4 cm³/mol. The number of rotatable bonds is 2. The zero-order chi connectivity index (χ0) is 14.0. The molecule has 2 unspecified atom stereocenters. The van der Waals surface area contributed by atoms with Crippen LogP contribution >= 0.6 is 0 Å². The van der Waals surface area contributed by atoms with Crippen molar-refractivity contribution in [1.82, 2.24) is 0 Å². The third-order valence-corrected chi connectivity index (χ3v) is 3.34. The largest absolute Gasteiger partial charge is 0.387 e. The molecule has 1 saturated heterocycles. The van der Waals surface area contributed by atoms with Crippen LogP contribution in [0, 0.1) is 34.2 Å². The zero-order valence-electron chi connectivity index (χ0n) is 10.00. The van der Waals surface area contributed by atoms with E-state index in [0.29, 0.717) is 31.6 Å². The third kappa shape index (κ3) is 2.44. The third-order valence-electron chi connectivity index (χ3n) is 3.34. The normalized spacial score (nSPS) is 24.8. The molecule has 1 fully saturated rings. The summed E-state index contributed by atoms with van der Waals surface area (Å²) in [4.78, 5) is 0. The first-order chi connectivity index (χ1) is 9.00. The molecule has 0 spiro atoms. The van der Waals surface area contributed by atoms with Crippen molar-refractivity contribution in [1.29, 1.82) is 5.26 Å². The van der Waals surface area contributed by atoms with Gasteiger partial charge in [-0.15, -0.1) is 0 Å². The van der Waals surface area contributed by atoms with Gasteiger partial charge in [0.25, 0.3) is 0 Å². The van der Waals surface area contributed by atoms with Crippen LogP contribution in [-0.4, -0.2) is 18.3 Å². The lowest BCUT2D eigenvalue weighted by Gasteiger charge is -2.34. The molecular formula is C13H12F3NO2. The Morgan fingerprint density at radius 2 is 1.95 bits per heavy atom. The SMILES string of the molecule is N#CC1(C(O)c2cc(F)c(F)c(F)c2)CCCOC1. The molecule has 0 saturated carbocycles. The van der Waals surface area contributed by atoms with E-state index in [0.717, 1.165) is 0 Å². The van der Waals surface area contributed by atoms with Crippen molar-refractivity contribution in [2.24, 2.45) is 5.41 Å². The molecule has 102 valence electrons. The van der Waals surface area contributed by atoms with Crippen LogP contribution in [0.2, 0.25) is 0 Å². The van der Waals surface area contributed by atoms with Crippen LogP contribution in [0.4, 0.5) is 13.2 Å². The minimum atomic E-state index is -1.60. The van der Waals surface area contributed by atoms with Crippen molar-refractivity contribution >= 4 is 0 Å². The topological polar surface area (TPSA) is 53.2 Å². The highest BCUT2D eigenvalue weighted by molar-refractivity contribution is 5.26. The number of aliphatic hydroxyl groups is 1. The number of ether oxygens (including phenoxy) is 1. The van der Waals surface area contributed by atoms with Gasteiger partial charge in [0.15, 0.2) is 17.5 Å². The van der Waals surface area contributed by atoms with E-state index in [4.69, 9.17) is 4.74 Å². The van der Waals surface area contributed by atoms with E-state index in [-0.39, 0.29) is 12.2 Å². The van der Waals surface area contributed by atoms with E-state index >= 15 is 0 Å². The predicted octanol–water partition coefficient (Wildman–Crippen LogP) is 2.46. The Hall–Kier alpha value is -1.58. The Morgan fingerprint density at radius 1 is 1.32 bits per heavy atom. The van der Waals surface area contributed by atoms with Gasteiger partial charge < -0.3 is 9.84 Å². The summed E-state index contributed by atoms with van der Waals surface area (Å²) in [6.45, 7) is 0.452. The fraction of sp³-hybridized carbons (Fsp3) is 0.462. The van der Waals surface area contributed by atoms with Gasteiger partial charge in [-0.05, 0) is 30.5 Å². The van der Waals surface area contributed by atoms with Gasteiger partial charge in [-0.25, -0.2) is 13.2 Å². The Balaban J connectivity index is 2.38. The molecule has 0 aromatic heterocycles. The fourth-order valence-electron chi connectivity index (χ4n) is 2.23. The molecule has 2 rings (SSSR count). The fourth-order valence-corrected chi connectivity index (χ4v) is 2.23. The van der Waals surface area contributed by atoms with Gasteiger partial charge in [0, 0.05) is 6.61 Å². The van der Waals surface area contributed by atoms with Gasteiger partial charge in [0.1, 0.15) is 11.5 Å². The maximum absolute atomic E-state index is 13.2. The summed E-state index contributed by atoms with van der Waals surface area (Å²) in [5.41, 5.74) is -1.42. The van der Waals surface area contributed by atoms with Crippen molar-refractivity contribution in [2.75, 3.05) is 13.2 Å². The minimum Gasteiger partial charge on any atom is -0.387 e. The minimum absolute atomic E-state index is 0.0225. The van der Waals surface area contributed by atoms with Crippen molar-refractivity contribution in [2.45, 2.75) is 18.9 Å². The molecule has 1 aliphatic rings. The first-order valence-electron chi connectivity index (χ1n) is 5.82. The molecule has 3 nitrogen and oxygen atoms in total. The van der Waals surface area contributed by atoms with Crippen LogP contribution in [0.1, 0.15) is 24.5 Å². The van der Waals surface area contributed by atoms with E-state index in [9.17, 15) is 23.5 Å². The highest BCUT2D eigenvalue weighted by Gasteiger charge is 2.41. The molecule has 6 heteroatoms. The molecule has 1 N–H and O–H groups in total. The van der Waals surface area contributed by atoms with Crippen molar-refractivity contribution in [3.63, 3.8) is 0 Å². The quantitative estimate of drug-likeness (QED) is 0.841. The summed E-state index contributed by atoms with van der Waals surface area (Å²) in [5, 5.41) is 19.4. The highest BCUT2D eigenvalue weighted by Crippen LogP contribution is 2.40. The smallest absolute Gasteiger partial charge is 0.194 e. The number of hydrogen-bond donors (Lipinski definition) is 1. The molecule has 1 aromatic carbocycles. The zero-order valence-corrected chi connectivity index (χ0v) is 10.00. The van der Waals surface area contributed by atoms with Gasteiger partial charge in [-0.3, -0.25) is 0 Å². The van der Waals surface area contributed by atoms with Crippen molar-refractivity contribution in [3.8, 4) is 6.07 Å². The van der Waals surface area contributed by atoms with E-state index in [1.165, 1.54) is 0 Å². The number of nitrogens with zero attached hydrogens (tertiary/aromatic N) is 1. The summed E-state index contributed by atoms with van der Waals surface area (Å²) >= 11 is 0. The molecule has 1 heterocycles. The van der Waals surface area contributed by atoms with Gasteiger partial charge >= 0.3 is 0 Å². The Kier molecular flexibility index (Phi) is 3.78. The second kappa shape index (κ2) is 5.19. The molecule has 2 atom stereocenters. The van der Waals surface area contributed by atoms with Crippen LogP contribution in [0.25, 0.3) is 0 Å². The maximum atomic E-state index is 13.2. The lowest BCUT2D eigenvalue weighted by molar-refractivity contribution is -0.0508. The van der Waals surface area contributed by atoms with Gasteiger partial charge in [-0.1, -0.05) is 0 Å². The number of aliphatic hydroxyl groups excluding tert-OH is 1. The summed E-state index contributed by atoms with van der Waals surface area (Å²) < 4.78 is 44.3. The number of nitriles is 1. The van der Waals surface area contributed by atoms with Crippen molar-refractivity contribution < 1.29 is 23.0 Å². The maximum Gasteiger partial charge on any atom is 0.194 e. The lowest BCUT2D eigenvalue weighted by Crippen LogP contribution is -2.36. The van der Waals surface area contributed by atoms with Gasteiger partial charge in [-0.2, -0.15) is 5.26 Å². The first kappa shape index (κ1) is 13.8. The van der Waals surface area contributed by atoms with Crippen LogP contribution in [0.5, 0.6) is 0 Å². The van der Waals surface area contributed by atoms with Crippen molar-refractivity contribution in [3.05, 3.63) is 35.1 Å². The molecule has 0 aliphatic carbocycles. The Labute approximate surface area is 108 Å². The number of hydrogen-bond acceptors (Lipinski definition) is 3. The van der Waals surface area contributed by atoms with Crippen LogP contribution in [-0.2, 0) is 4.74 Å². The molecule has 0 radical (unpaired) electrons. The van der Waals surface area contributed by atoms with E-state index in [2.05, 4.69) is 0 Å². The molecule has 19 heavy (non-hydrogen) atoms. The molecule has 1 aromatic rings. The second-order valence-electron chi connectivity index (χ2n) is 4.63. The van der Waals surface area contributed by atoms with Crippen LogP contribution < -0.4 is 0 Å². The summed E-state index contributed by atoms with van der Waals surface area (Å²) in [6, 6.07) is 3.37. The highest BCUT2D eigenvalue weighted by atomic mass is 19.2. The standard InChI is InChI=1S/C13H12F3NO2/c14-9-4-8(5-10(15)11(9)16)12(18)13(6-17)2-1-3-19-7-13/h4-5,12,18H,1-3,7H2.